The predicted molar refractivity (Wildman–Crippen MR) is 82.2 cm³/mol. The fourth-order valence-electron chi connectivity index (χ4n) is 2.55. The van der Waals surface area contributed by atoms with Gasteiger partial charge in [0.05, 0.1) is 5.56 Å². The van der Waals surface area contributed by atoms with Gasteiger partial charge in [-0.25, -0.2) is 0 Å². The molecule has 4 heteroatoms. The van der Waals surface area contributed by atoms with E-state index in [2.05, 4.69) is 39.1 Å². The molecule has 1 saturated heterocycles. The Morgan fingerprint density at radius 1 is 1.42 bits per heavy atom. The number of benzene rings is 1. The van der Waals surface area contributed by atoms with Crippen LogP contribution < -0.4 is 5.32 Å². The number of piperidine rings is 1. The van der Waals surface area contributed by atoms with Crippen LogP contribution in [0.4, 0.5) is 5.69 Å². The molecule has 1 aliphatic rings. The zero-order chi connectivity index (χ0) is 13.7. The monoisotopic (exact) mass is 321 g/mol. The SMILES string of the molecule is CCCN1CCC(Nc2ccc(C#N)c(Br)c2)CC1. The zero-order valence-electron chi connectivity index (χ0n) is 11.3. The van der Waals surface area contributed by atoms with E-state index in [4.69, 9.17) is 5.26 Å². The molecule has 0 atom stereocenters. The van der Waals surface area contributed by atoms with Crippen molar-refractivity contribution in [3.8, 4) is 6.07 Å². The Bertz CT molecular complexity index is 459. The van der Waals surface area contributed by atoms with Crippen LogP contribution in [0.2, 0.25) is 0 Å². The van der Waals surface area contributed by atoms with Crippen molar-refractivity contribution in [3.05, 3.63) is 28.2 Å². The lowest BCUT2D eigenvalue weighted by atomic mass is 10.0. The molecule has 1 aromatic rings. The summed E-state index contributed by atoms with van der Waals surface area (Å²) in [6, 6.07) is 8.56. The maximum atomic E-state index is 8.90. The molecule has 102 valence electrons. The molecule has 1 aromatic carbocycles. The quantitative estimate of drug-likeness (QED) is 0.920. The summed E-state index contributed by atoms with van der Waals surface area (Å²) < 4.78 is 0.864. The van der Waals surface area contributed by atoms with Gasteiger partial charge in [0.15, 0.2) is 0 Å². The molecule has 0 aliphatic carbocycles. The van der Waals surface area contributed by atoms with Crippen molar-refractivity contribution >= 4 is 21.6 Å². The number of nitrogens with one attached hydrogen (secondary N) is 1. The normalized spacial score (nSPS) is 17.1. The number of hydrogen-bond donors (Lipinski definition) is 1. The van der Waals surface area contributed by atoms with Crippen molar-refractivity contribution in [3.63, 3.8) is 0 Å². The zero-order valence-corrected chi connectivity index (χ0v) is 12.9. The summed E-state index contributed by atoms with van der Waals surface area (Å²) in [5, 5.41) is 12.5. The largest absolute Gasteiger partial charge is 0.382 e. The third kappa shape index (κ3) is 3.95. The highest BCUT2D eigenvalue weighted by Gasteiger charge is 2.18. The molecule has 0 aromatic heterocycles. The average Bonchev–Trinajstić information content (AvgIpc) is 2.42. The maximum Gasteiger partial charge on any atom is 0.100 e. The summed E-state index contributed by atoms with van der Waals surface area (Å²) in [5.41, 5.74) is 1.78. The summed E-state index contributed by atoms with van der Waals surface area (Å²) in [4.78, 5) is 2.53. The molecule has 1 aliphatic heterocycles. The molecule has 1 N–H and O–H groups in total. The molecule has 0 bridgehead atoms. The van der Waals surface area contributed by atoms with Crippen molar-refractivity contribution in [2.24, 2.45) is 0 Å². The van der Waals surface area contributed by atoms with Crippen molar-refractivity contribution in [2.45, 2.75) is 32.2 Å². The van der Waals surface area contributed by atoms with Crippen molar-refractivity contribution in [1.29, 1.82) is 5.26 Å². The molecule has 0 saturated carbocycles. The topological polar surface area (TPSA) is 39.1 Å². The van der Waals surface area contributed by atoms with E-state index in [9.17, 15) is 0 Å². The molecule has 0 spiro atoms. The number of rotatable bonds is 4. The minimum absolute atomic E-state index is 0.549. The third-order valence-corrected chi connectivity index (χ3v) is 4.24. The Morgan fingerprint density at radius 2 is 2.16 bits per heavy atom. The fourth-order valence-corrected chi connectivity index (χ4v) is 3.02. The summed E-state index contributed by atoms with van der Waals surface area (Å²) >= 11 is 3.43. The van der Waals surface area contributed by atoms with E-state index in [1.165, 1.54) is 38.9 Å². The molecule has 19 heavy (non-hydrogen) atoms. The number of halogens is 1. The first-order valence-electron chi connectivity index (χ1n) is 6.91. The average molecular weight is 322 g/mol. The van der Waals surface area contributed by atoms with Gasteiger partial charge in [0.25, 0.3) is 0 Å². The second-order valence-electron chi connectivity index (χ2n) is 5.07. The Balaban J connectivity index is 1.89. The minimum atomic E-state index is 0.549. The first-order valence-corrected chi connectivity index (χ1v) is 7.70. The standard InChI is InChI=1S/C15H20BrN3/c1-2-7-19-8-5-13(6-9-19)18-14-4-3-12(11-17)15(16)10-14/h3-4,10,13,18H,2,5-9H2,1H3. The van der Waals surface area contributed by atoms with Crippen LogP contribution in [0.15, 0.2) is 22.7 Å². The lowest BCUT2D eigenvalue weighted by molar-refractivity contribution is 0.219. The van der Waals surface area contributed by atoms with Gasteiger partial charge < -0.3 is 10.2 Å². The lowest BCUT2D eigenvalue weighted by Crippen LogP contribution is -2.39. The Morgan fingerprint density at radius 3 is 2.74 bits per heavy atom. The second kappa shape index (κ2) is 6.93. The smallest absolute Gasteiger partial charge is 0.100 e. The van der Waals surface area contributed by atoms with Crippen LogP contribution in [0, 0.1) is 11.3 Å². The van der Waals surface area contributed by atoms with Gasteiger partial charge in [-0.2, -0.15) is 5.26 Å². The van der Waals surface area contributed by atoms with Crippen LogP contribution in [0.1, 0.15) is 31.7 Å². The van der Waals surface area contributed by atoms with Crippen LogP contribution in [0.5, 0.6) is 0 Å². The van der Waals surface area contributed by atoms with Gasteiger partial charge in [0.1, 0.15) is 6.07 Å². The molecule has 1 fully saturated rings. The van der Waals surface area contributed by atoms with E-state index in [0.717, 1.165) is 10.2 Å². The Kier molecular flexibility index (Phi) is 5.24. The summed E-state index contributed by atoms with van der Waals surface area (Å²) in [7, 11) is 0. The van der Waals surface area contributed by atoms with E-state index in [0.29, 0.717) is 11.6 Å². The van der Waals surface area contributed by atoms with Gasteiger partial charge in [-0.05, 0) is 59.9 Å². The minimum Gasteiger partial charge on any atom is -0.382 e. The van der Waals surface area contributed by atoms with Gasteiger partial charge in [0.2, 0.25) is 0 Å². The number of anilines is 1. The van der Waals surface area contributed by atoms with Gasteiger partial charge in [0, 0.05) is 29.3 Å². The molecule has 2 rings (SSSR count). The molecular weight excluding hydrogens is 302 g/mol. The predicted octanol–water partition coefficient (Wildman–Crippen LogP) is 3.61. The Hall–Kier alpha value is -1.05. The first-order chi connectivity index (χ1) is 9.22. The molecular formula is C15H20BrN3. The van der Waals surface area contributed by atoms with E-state index in [1.54, 1.807) is 0 Å². The highest BCUT2D eigenvalue weighted by atomic mass is 79.9. The van der Waals surface area contributed by atoms with Crippen molar-refractivity contribution in [1.82, 2.24) is 4.90 Å². The second-order valence-corrected chi connectivity index (χ2v) is 5.92. The van der Waals surface area contributed by atoms with E-state index in [-0.39, 0.29) is 0 Å². The number of hydrogen-bond acceptors (Lipinski definition) is 3. The molecule has 3 nitrogen and oxygen atoms in total. The lowest BCUT2D eigenvalue weighted by Gasteiger charge is -2.32. The number of nitriles is 1. The van der Waals surface area contributed by atoms with Crippen LogP contribution in [-0.2, 0) is 0 Å². The molecule has 0 amide bonds. The van der Waals surface area contributed by atoms with Crippen LogP contribution in [-0.4, -0.2) is 30.6 Å². The fraction of sp³-hybridized carbons (Fsp3) is 0.533. The highest BCUT2D eigenvalue weighted by molar-refractivity contribution is 9.10. The van der Waals surface area contributed by atoms with Crippen molar-refractivity contribution < 1.29 is 0 Å². The van der Waals surface area contributed by atoms with E-state index < -0.39 is 0 Å². The van der Waals surface area contributed by atoms with Crippen LogP contribution in [0.3, 0.4) is 0 Å². The molecule has 0 unspecified atom stereocenters. The maximum absolute atomic E-state index is 8.90. The van der Waals surface area contributed by atoms with Crippen molar-refractivity contribution in [2.75, 3.05) is 25.0 Å². The van der Waals surface area contributed by atoms with E-state index >= 15 is 0 Å². The number of likely N-dealkylation sites (tertiary alicyclic amines) is 1. The summed E-state index contributed by atoms with van der Waals surface area (Å²) in [5.74, 6) is 0. The summed E-state index contributed by atoms with van der Waals surface area (Å²) in [6.45, 7) is 5.82. The van der Waals surface area contributed by atoms with Gasteiger partial charge in [-0.1, -0.05) is 6.92 Å². The third-order valence-electron chi connectivity index (χ3n) is 3.59. The van der Waals surface area contributed by atoms with Gasteiger partial charge in [-0.15, -0.1) is 0 Å². The molecule has 0 radical (unpaired) electrons. The van der Waals surface area contributed by atoms with E-state index in [1.807, 2.05) is 18.2 Å². The number of nitrogens with zero attached hydrogens (tertiary/aromatic N) is 2. The van der Waals surface area contributed by atoms with Crippen LogP contribution in [0.25, 0.3) is 0 Å². The van der Waals surface area contributed by atoms with Gasteiger partial charge in [-0.3, -0.25) is 0 Å². The van der Waals surface area contributed by atoms with Crippen LogP contribution >= 0.6 is 15.9 Å². The highest BCUT2D eigenvalue weighted by Crippen LogP contribution is 2.23. The first kappa shape index (κ1) is 14.4. The Labute approximate surface area is 123 Å². The molecule has 1 heterocycles. The van der Waals surface area contributed by atoms with Gasteiger partial charge >= 0.3 is 0 Å². The summed E-state index contributed by atoms with van der Waals surface area (Å²) in [6.07, 6.45) is 3.62.